The van der Waals surface area contributed by atoms with Gasteiger partial charge in [0.2, 0.25) is 0 Å². The first kappa shape index (κ1) is 15.3. The van der Waals surface area contributed by atoms with Crippen molar-refractivity contribution in [2.45, 2.75) is 51.7 Å². The molecule has 0 aromatic heterocycles. The summed E-state index contributed by atoms with van der Waals surface area (Å²) >= 11 is 0. The van der Waals surface area contributed by atoms with Gasteiger partial charge in [-0.3, -0.25) is 0 Å². The topological polar surface area (TPSA) is 32.7 Å². The molecule has 1 aliphatic rings. The fourth-order valence-corrected chi connectivity index (χ4v) is 2.94. The lowest BCUT2D eigenvalue weighted by molar-refractivity contribution is -0.0281. The van der Waals surface area contributed by atoms with Crippen molar-refractivity contribution in [1.29, 1.82) is 0 Å². The molecule has 3 nitrogen and oxygen atoms in total. The van der Waals surface area contributed by atoms with E-state index in [1.807, 2.05) is 38.1 Å². The first-order chi connectivity index (χ1) is 9.55. The highest BCUT2D eigenvalue weighted by atomic mass is 16.5. The minimum atomic E-state index is -0.740. The molecule has 1 fully saturated rings. The van der Waals surface area contributed by atoms with Gasteiger partial charge in [0.15, 0.2) is 0 Å². The third-order valence-electron chi connectivity index (χ3n) is 3.97. The van der Waals surface area contributed by atoms with E-state index in [9.17, 15) is 5.11 Å². The fourth-order valence-electron chi connectivity index (χ4n) is 2.94. The number of para-hydroxylation sites is 1. The molecule has 0 radical (unpaired) electrons. The van der Waals surface area contributed by atoms with Gasteiger partial charge >= 0.3 is 0 Å². The van der Waals surface area contributed by atoms with E-state index in [1.54, 1.807) is 0 Å². The molecule has 0 amide bonds. The molecule has 0 spiro atoms. The predicted molar refractivity (Wildman–Crippen MR) is 82.1 cm³/mol. The fraction of sp³-hybridized carbons (Fsp3) is 0.647. The molecule has 112 valence electrons. The molecule has 1 aliphatic heterocycles. The van der Waals surface area contributed by atoms with Gasteiger partial charge in [-0.15, -0.1) is 0 Å². The van der Waals surface area contributed by atoms with Crippen LogP contribution in [0.15, 0.2) is 24.3 Å². The molecule has 0 saturated carbocycles. The second-order valence-corrected chi connectivity index (χ2v) is 6.04. The number of benzene rings is 1. The van der Waals surface area contributed by atoms with Crippen LogP contribution in [0.4, 0.5) is 0 Å². The Morgan fingerprint density at radius 1 is 1.25 bits per heavy atom. The summed E-state index contributed by atoms with van der Waals surface area (Å²) in [7, 11) is 0. The first-order valence-electron chi connectivity index (χ1n) is 7.76. The summed E-state index contributed by atoms with van der Waals surface area (Å²) in [6.45, 7) is 9.28. The maximum absolute atomic E-state index is 11.0. The van der Waals surface area contributed by atoms with Crippen molar-refractivity contribution in [3.8, 4) is 5.75 Å². The highest BCUT2D eigenvalue weighted by molar-refractivity contribution is 5.38. The van der Waals surface area contributed by atoms with Crippen LogP contribution >= 0.6 is 0 Å². The van der Waals surface area contributed by atoms with Crippen LogP contribution in [0.2, 0.25) is 0 Å². The number of aliphatic hydroxyl groups is 1. The molecule has 0 unspecified atom stereocenters. The molecule has 0 aliphatic carbocycles. The normalized spacial score (nSPS) is 19.2. The lowest BCUT2D eigenvalue weighted by Crippen LogP contribution is -2.43. The third kappa shape index (κ3) is 3.53. The molecule has 1 aromatic carbocycles. The third-order valence-corrected chi connectivity index (χ3v) is 3.97. The molecule has 20 heavy (non-hydrogen) atoms. The number of rotatable bonds is 5. The molecule has 0 atom stereocenters. The van der Waals surface area contributed by atoms with E-state index in [2.05, 4.69) is 11.8 Å². The Labute approximate surface area is 122 Å². The smallest absolute Gasteiger partial charge is 0.125 e. The molecule has 3 heteroatoms. The standard InChI is InChI=1S/C17H27NO2/c1-4-11-18-12-9-17(19,10-13-18)15-7-5-6-8-16(15)20-14(2)3/h5-8,14,19H,4,9-13H2,1-3H3. The Morgan fingerprint density at radius 2 is 1.90 bits per heavy atom. The number of hydrogen-bond acceptors (Lipinski definition) is 3. The van der Waals surface area contributed by atoms with E-state index >= 15 is 0 Å². The maximum Gasteiger partial charge on any atom is 0.125 e. The Bertz CT molecular complexity index is 423. The molecule has 2 rings (SSSR count). The first-order valence-corrected chi connectivity index (χ1v) is 7.76. The van der Waals surface area contributed by atoms with Crippen LogP contribution in [-0.4, -0.2) is 35.7 Å². The molecule has 1 aromatic rings. The molecule has 0 bridgehead atoms. The van der Waals surface area contributed by atoms with E-state index in [-0.39, 0.29) is 6.10 Å². The van der Waals surface area contributed by atoms with E-state index in [1.165, 1.54) is 6.42 Å². The predicted octanol–water partition coefficient (Wildman–Crippen LogP) is 3.17. The van der Waals surface area contributed by atoms with Crippen LogP contribution in [0.25, 0.3) is 0 Å². The summed E-state index contributed by atoms with van der Waals surface area (Å²) in [5.74, 6) is 0.828. The van der Waals surface area contributed by atoms with Crippen LogP contribution in [0, 0.1) is 0 Å². The van der Waals surface area contributed by atoms with Crippen molar-refractivity contribution >= 4 is 0 Å². The van der Waals surface area contributed by atoms with E-state index in [0.29, 0.717) is 0 Å². The zero-order valence-electron chi connectivity index (χ0n) is 12.9. The Kier molecular flexibility index (Phi) is 5.06. The van der Waals surface area contributed by atoms with Crippen molar-refractivity contribution in [3.05, 3.63) is 29.8 Å². The van der Waals surface area contributed by atoms with Gasteiger partial charge in [-0.1, -0.05) is 25.1 Å². The van der Waals surface area contributed by atoms with E-state index < -0.39 is 5.60 Å². The van der Waals surface area contributed by atoms with E-state index in [4.69, 9.17) is 4.74 Å². The highest BCUT2D eigenvalue weighted by Crippen LogP contribution is 2.38. The lowest BCUT2D eigenvalue weighted by atomic mass is 9.84. The van der Waals surface area contributed by atoms with Crippen molar-refractivity contribution in [1.82, 2.24) is 4.90 Å². The lowest BCUT2D eigenvalue weighted by Gasteiger charge is -2.39. The number of likely N-dealkylation sites (tertiary alicyclic amines) is 1. The zero-order chi connectivity index (χ0) is 14.6. The van der Waals surface area contributed by atoms with Gasteiger partial charge in [0, 0.05) is 18.7 Å². The van der Waals surface area contributed by atoms with E-state index in [0.717, 1.165) is 43.8 Å². The van der Waals surface area contributed by atoms with Crippen molar-refractivity contribution in [2.75, 3.05) is 19.6 Å². The number of piperidine rings is 1. The maximum atomic E-state index is 11.0. The Morgan fingerprint density at radius 3 is 2.50 bits per heavy atom. The Hall–Kier alpha value is -1.06. The minimum Gasteiger partial charge on any atom is -0.491 e. The number of hydrogen-bond donors (Lipinski definition) is 1. The zero-order valence-corrected chi connectivity index (χ0v) is 12.9. The molecule has 1 saturated heterocycles. The molecule has 1 heterocycles. The van der Waals surface area contributed by atoms with Crippen molar-refractivity contribution in [2.24, 2.45) is 0 Å². The summed E-state index contributed by atoms with van der Waals surface area (Å²) in [6.07, 6.45) is 2.86. The van der Waals surface area contributed by atoms with Gasteiger partial charge < -0.3 is 14.7 Å². The summed E-state index contributed by atoms with van der Waals surface area (Å²) < 4.78 is 5.86. The van der Waals surface area contributed by atoms with Gasteiger partial charge in [-0.25, -0.2) is 0 Å². The quantitative estimate of drug-likeness (QED) is 0.897. The average molecular weight is 277 g/mol. The summed E-state index contributed by atoms with van der Waals surface area (Å²) in [5.41, 5.74) is 0.209. The Balaban J connectivity index is 2.14. The van der Waals surface area contributed by atoms with Crippen LogP contribution in [-0.2, 0) is 5.60 Å². The second-order valence-electron chi connectivity index (χ2n) is 6.04. The average Bonchev–Trinajstić information content (AvgIpc) is 2.42. The van der Waals surface area contributed by atoms with Gasteiger partial charge in [0.25, 0.3) is 0 Å². The van der Waals surface area contributed by atoms with Crippen molar-refractivity contribution in [3.63, 3.8) is 0 Å². The van der Waals surface area contributed by atoms with Crippen LogP contribution in [0.1, 0.15) is 45.6 Å². The number of ether oxygens (including phenoxy) is 1. The molecular weight excluding hydrogens is 250 g/mol. The van der Waals surface area contributed by atoms with Gasteiger partial charge in [-0.05, 0) is 45.7 Å². The summed E-state index contributed by atoms with van der Waals surface area (Å²) in [4.78, 5) is 2.43. The molecular formula is C17H27NO2. The van der Waals surface area contributed by atoms with Crippen LogP contribution < -0.4 is 4.74 Å². The van der Waals surface area contributed by atoms with Crippen LogP contribution in [0.3, 0.4) is 0 Å². The van der Waals surface area contributed by atoms with Gasteiger partial charge in [0.05, 0.1) is 11.7 Å². The van der Waals surface area contributed by atoms with Gasteiger partial charge in [-0.2, -0.15) is 0 Å². The molecule has 1 N–H and O–H groups in total. The van der Waals surface area contributed by atoms with Crippen LogP contribution in [0.5, 0.6) is 5.75 Å². The monoisotopic (exact) mass is 277 g/mol. The van der Waals surface area contributed by atoms with Crippen molar-refractivity contribution < 1.29 is 9.84 Å². The SMILES string of the molecule is CCCN1CCC(O)(c2ccccc2OC(C)C)CC1. The number of nitrogens with zero attached hydrogens (tertiary/aromatic N) is 1. The summed E-state index contributed by atoms with van der Waals surface area (Å²) in [6, 6.07) is 7.93. The largest absolute Gasteiger partial charge is 0.491 e. The van der Waals surface area contributed by atoms with Gasteiger partial charge in [0.1, 0.15) is 5.75 Å². The minimum absolute atomic E-state index is 0.125. The highest BCUT2D eigenvalue weighted by Gasteiger charge is 2.35. The second kappa shape index (κ2) is 6.59. The summed E-state index contributed by atoms with van der Waals surface area (Å²) in [5, 5.41) is 11.0.